The predicted molar refractivity (Wildman–Crippen MR) is 76.0 cm³/mol. The summed E-state index contributed by atoms with van der Waals surface area (Å²) in [6.45, 7) is 10.8. The first kappa shape index (κ1) is 14.7. The van der Waals surface area contributed by atoms with Gasteiger partial charge in [-0.15, -0.1) is 0 Å². The number of carbonyl (C=O) groups excluding carboxylic acids is 1. The minimum absolute atomic E-state index is 0.0124. The van der Waals surface area contributed by atoms with Crippen LogP contribution in [-0.4, -0.2) is 25.5 Å². The third kappa shape index (κ3) is 4.15. The normalized spacial score (nSPS) is 11.3. The second kappa shape index (κ2) is 6.55. The van der Waals surface area contributed by atoms with Crippen LogP contribution in [0.2, 0.25) is 0 Å². The quantitative estimate of drug-likeness (QED) is 0.785. The van der Waals surface area contributed by atoms with Gasteiger partial charge in [-0.05, 0) is 23.6 Å². The predicted octanol–water partition coefficient (Wildman–Crippen LogP) is 2.32. The highest BCUT2D eigenvalue weighted by Crippen LogP contribution is 2.25. The largest absolute Gasteiger partial charge is 0.351 e. The van der Waals surface area contributed by atoms with E-state index in [0.29, 0.717) is 6.54 Å². The molecule has 3 nitrogen and oxygen atoms in total. The van der Waals surface area contributed by atoms with Gasteiger partial charge in [-0.3, -0.25) is 4.79 Å². The van der Waals surface area contributed by atoms with Crippen molar-refractivity contribution in [1.82, 2.24) is 10.6 Å². The van der Waals surface area contributed by atoms with Gasteiger partial charge in [0, 0.05) is 18.7 Å². The van der Waals surface area contributed by atoms with E-state index >= 15 is 0 Å². The van der Waals surface area contributed by atoms with Crippen LogP contribution in [0.3, 0.4) is 0 Å². The standard InChI is InChI=1S/C15H24N2O/c1-5-16-10-11-17-14(18)12-8-6-7-9-13(12)15(2,3)4/h6-9,16H,5,10-11H2,1-4H3,(H,17,18). The summed E-state index contributed by atoms with van der Waals surface area (Å²) < 4.78 is 0. The highest BCUT2D eigenvalue weighted by Gasteiger charge is 2.20. The van der Waals surface area contributed by atoms with Crippen molar-refractivity contribution >= 4 is 5.91 Å². The second-order valence-corrected chi connectivity index (χ2v) is 5.41. The van der Waals surface area contributed by atoms with Crippen molar-refractivity contribution in [2.24, 2.45) is 0 Å². The Bertz CT molecular complexity index is 394. The molecule has 3 heteroatoms. The van der Waals surface area contributed by atoms with E-state index in [1.165, 1.54) is 0 Å². The highest BCUT2D eigenvalue weighted by molar-refractivity contribution is 5.96. The van der Waals surface area contributed by atoms with Crippen LogP contribution in [0.5, 0.6) is 0 Å². The Morgan fingerprint density at radius 3 is 2.44 bits per heavy atom. The second-order valence-electron chi connectivity index (χ2n) is 5.41. The van der Waals surface area contributed by atoms with Gasteiger partial charge in [0.05, 0.1) is 0 Å². The van der Waals surface area contributed by atoms with E-state index in [4.69, 9.17) is 0 Å². The minimum Gasteiger partial charge on any atom is -0.351 e. The van der Waals surface area contributed by atoms with Crippen LogP contribution in [0.25, 0.3) is 0 Å². The lowest BCUT2D eigenvalue weighted by Crippen LogP contribution is -2.33. The zero-order valence-corrected chi connectivity index (χ0v) is 11.8. The molecule has 0 atom stereocenters. The Balaban J connectivity index is 2.74. The van der Waals surface area contributed by atoms with Crippen molar-refractivity contribution in [3.8, 4) is 0 Å². The molecule has 1 aromatic carbocycles. The molecule has 18 heavy (non-hydrogen) atoms. The van der Waals surface area contributed by atoms with Gasteiger partial charge in [-0.25, -0.2) is 0 Å². The lowest BCUT2D eigenvalue weighted by Gasteiger charge is -2.22. The molecule has 0 aliphatic carbocycles. The van der Waals surface area contributed by atoms with Gasteiger partial charge in [0.25, 0.3) is 5.91 Å². The molecule has 1 amide bonds. The van der Waals surface area contributed by atoms with Crippen molar-refractivity contribution in [2.75, 3.05) is 19.6 Å². The zero-order chi connectivity index (χ0) is 13.6. The lowest BCUT2D eigenvalue weighted by molar-refractivity contribution is 0.0951. The van der Waals surface area contributed by atoms with Gasteiger partial charge >= 0.3 is 0 Å². The maximum atomic E-state index is 12.1. The van der Waals surface area contributed by atoms with Crippen LogP contribution in [0.1, 0.15) is 43.6 Å². The molecule has 0 saturated carbocycles. The van der Waals surface area contributed by atoms with Crippen molar-refractivity contribution in [3.05, 3.63) is 35.4 Å². The first-order valence-electron chi connectivity index (χ1n) is 6.55. The van der Waals surface area contributed by atoms with Gasteiger partial charge in [-0.2, -0.15) is 0 Å². The van der Waals surface area contributed by atoms with E-state index < -0.39 is 0 Å². The summed E-state index contributed by atoms with van der Waals surface area (Å²) in [6, 6.07) is 7.81. The zero-order valence-electron chi connectivity index (χ0n) is 11.8. The van der Waals surface area contributed by atoms with Gasteiger partial charge < -0.3 is 10.6 Å². The van der Waals surface area contributed by atoms with E-state index in [1.54, 1.807) is 0 Å². The number of likely N-dealkylation sites (N-methyl/N-ethyl adjacent to an activating group) is 1. The van der Waals surface area contributed by atoms with Crippen molar-refractivity contribution < 1.29 is 4.79 Å². The van der Waals surface area contributed by atoms with Crippen molar-refractivity contribution in [2.45, 2.75) is 33.1 Å². The summed E-state index contributed by atoms with van der Waals surface area (Å²) in [5.41, 5.74) is 1.85. The molecule has 0 unspecified atom stereocenters. The molecule has 0 saturated heterocycles. The van der Waals surface area contributed by atoms with Crippen LogP contribution in [-0.2, 0) is 5.41 Å². The number of rotatable bonds is 5. The molecule has 100 valence electrons. The van der Waals surface area contributed by atoms with Crippen molar-refractivity contribution in [1.29, 1.82) is 0 Å². The summed E-state index contributed by atoms with van der Waals surface area (Å²) in [7, 11) is 0. The third-order valence-electron chi connectivity index (χ3n) is 2.82. The first-order chi connectivity index (χ1) is 8.46. The molecular formula is C15H24N2O. The number of nitrogens with one attached hydrogen (secondary N) is 2. The third-order valence-corrected chi connectivity index (χ3v) is 2.82. The van der Waals surface area contributed by atoms with Crippen LogP contribution >= 0.6 is 0 Å². The van der Waals surface area contributed by atoms with Gasteiger partial charge in [-0.1, -0.05) is 45.9 Å². The summed E-state index contributed by atoms with van der Waals surface area (Å²) in [5, 5.41) is 6.13. The number of amides is 1. The molecule has 0 radical (unpaired) electrons. The summed E-state index contributed by atoms with van der Waals surface area (Å²) in [5.74, 6) is 0.0124. The number of hydrogen-bond donors (Lipinski definition) is 2. The lowest BCUT2D eigenvalue weighted by atomic mass is 9.83. The highest BCUT2D eigenvalue weighted by atomic mass is 16.1. The van der Waals surface area contributed by atoms with E-state index in [-0.39, 0.29) is 11.3 Å². The molecule has 0 spiro atoms. The van der Waals surface area contributed by atoms with E-state index in [0.717, 1.165) is 24.2 Å². The molecule has 0 heterocycles. The molecular weight excluding hydrogens is 224 g/mol. The molecule has 0 aromatic heterocycles. The van der Waals surface area contributed by atoms with Crippen LogP contribution in [0, 0.1) is 0 Å². The molecule has 1 rings (SSSR count). The topological polar surface area (TPSA) is 41.1 Å². The molecule has 0 bridgehead atoms. The monoisotopic (exact) mass is 248 g/mol. The molecule has 2 N–H and O–H groups in total. The first-order valence-corrected chi connectivity index (χ1v) is 6.55. The summed E-state index contributed by atoms with van der Waals surface area (Å²) in [4.78, 5) is 12.1. The van der Waals surface area contributed by atoms with Crippen LogP contribution < -0.4 is 10.6 Å². The van der Waals surface area contributed by atoms with E-state index in [2.05, 4.69) is 38.3 Å². The molecule has 0 aliphatic heterocycles. The molecule has 0 aliphatic rings. The van der Waals surface area contributed by atoms with Crippen LogP contribution in [0.15, 0.2) is 24.3 Å². The fraction of sp³-hybridized carbons (Fsp3) is 0.533. The maximum Gasteiger partial charge on any atom is 0.251 e. The Hall–Kier alpha value is -1.35. The number of carbonyl (C=O) groups is 1. The van der Waals surface area contributed by atoms with E-state index in [1.807, 2.05) is 24.3 Å². The Morgan fingerprint density at radius 1 is 1.17 bits per heavy atom. The summed E-state index contributed by atoms with van der Waals surface area (Å²) >= 11 is 0. The smallest absolute Gasteiger partial charge is 0.251 e. The molecule has 1 aromatic rings. The fourth-order valence-corrected chi connectivity index (χ4v) is 1.87. The average molecular weight is 248 g/mol. The Morgan fingerprint density at radius 2 is 1.83 bits per heavy atom. The van der Waals surface area contributed by atoms with Crippen molar-refractivity contribution in [3.63, 3.8) is 0 Å². The van der Waals surface area contributed by atoms with Crippen LogP contribution in [0.4, 0.5) is 0 Å². The van der Waals surface area contributed by atoms with E-state index in [9.17, 15) is 4.79 Å². The number of benzene rings is 1. The Labute approximate surface area is 110 Å². The fourth-order valence-electron chi connectivity index (χ4n) is 1.87. The maximum absolute atomic E-state index is 12.1. The SMILES string of the molecule is CCNCCNC(=O)c1ccccc1C(C)(C)C. The minimum atomic E-state index is -0.0183. The van der Waals surface area contributed by atoms with Gasteiger partial charge in [0.1, 0.15) is 0 Å². The molecule has 0 fully saturated rings. The number of hydrogen-bond acceptors (Lipinski definition) is 2. The van der Waals surface area contributed by atoms with Gasteiger partial charge in [0.2, 0.25) is 0 Å². The Kier molecular flexibility index (Phi) is 5.35. The van der Waals surface area contributed by atoms with Gasteiger partial charge in [0.15, 0.2) is 0 Å². The summed E-state index contributed by atoms with van der Waals surface area (Å²) in [6.07, 6.45) is 0. The average Bonchev–Trinajstić information content (AvgIpc) is 2.33.